The monoisotopic (exact) mass is 300 g/mol. The fraction of sp³-hybridized carbons (Fsp3) is 0.700. The first-order valence-electron chi connectivity index (χ1n) is 5.37. The minimum Gasteiger partial charge on any atom is -0.479 e. The van der Waals surface area contributed by atoms with E-state index in [1.165, 1.54) is 12.4 Å². The molecule has 116 valence electrons. The van der Waals surface area contributed by atoms with E-state index in [0.717, 1.165) is 6.92 Å². The summed E-state index contributed by atoms with van der Waals surface area (Å²) in [7, 11) is 1.21. The Hall–Kier alpha value is -1.84. The van der Waals surface area contributed by atoms with Gasteiger partial charge in [0.15, 0.2) is 5.54 Å². The molecule has 10 heteroatoms. The number of methoxy groups -OCH3 is 1. The fourth-order valence-electron chi connectivity index (χ4n) is 1.20. The lowest BCUT2D eigenvalue weighted by molar-refractivity contribution is -0.150. The van der Waals surface area contributed by atoms with Crippen LogP contribution in [0.25, 0.3) is 0 Å². The van der Waals surface area contributed by atoms with Crippen LogP contribution in [0, 0.1) is 0 Å². The van der Waals surface area contributed by atoms with Gasteiger partial charge >= 0.3 is 12.1 Å². The maximum absolute atomic E-state index is 11.8. The van der Waals surface area contributed by atoms with Gasteiger partial charge in [0.1, 0.15) is 13.0 Å². The molecular formula is C10H15F3N2O5. The highest BCUT2D eigenvalue weighted by Gasteiger charge is 2.35. The molecule has 20 heavy (non-hydrogen) atoms. The highest BCUT2D eigenvalue weighted by molar-refractivity contribution is 5.98. The van der Waals surface area contributed by atoms with Crippen LogP contribution in [0.15, 0.2) is 0 Å². The number of rotatable bonds is 7. The second-order valence-electron chi connectivity index (χ2n) is 4.19. The number of aliphatic carboxylic acids is 1. The average Bonchev–Trinajstić information content (AvgIpc) is 2.25. The van der Waals surface area contributed by atoms with E-state index < -0.39 is 42.5 Å². The first kappa shape index (κ1) is 18.2. The summed E-state index contributed by atoms with van der Waals surface area (Å²) in [5, 5.41) is 12.4. The van der Waals surface area contributed by atoms with Crippen molar-refractivity contribution in [2.75, 3.05) is 20.3 Å². The number of hydrogen-bond acceptors (Lipinski definition) is 4. The Balaban J connectivity index is 4.40. The predicted octanol–water partition coefficient (Wildman–Crippen LogP) is -0.339. The molecule has 0 aliphatic heterocycles. The summed E-state index contributed by atoms with van der Waals surface area (Å²) >= 11 is 0. The largest absolute Gasteiger partial charge is 0.479 e. The van der Waals surface area contributed by atoms with Crippen LogP contribution in [0.4, 0.5) is 13.2 Å². The van der Waals surface area contributed by atoms with Crippen molar-refractivity contribution in [3.05, 3.63) is 0 Å². The molecule has 0 rings (SSSR count). The molecule has 2 amide bonds. The van der Waals surface area contributed by atoms with E-state index in [0.29, 0.717) is 0 Å². The van der Waals surface area contributed by atoms with Gasteiger partial charge in [-0.2, -0.15) is 13.2 Å². The van der Waals surface area contributed by atoms with Gasteiger partial charge in [-0.1, -0.05) is 0 Å². The van der Waals surface area contributed by atoms with Gasteiger partial charge in [0.2, 0.25) is 11.8 Å². The van der Waals surface area contributed by atoms with Crippen molar-refractivity contribution >= 4 is 17.8 Å². The van der Waals surface area contributed by atoms with Crippen LogP contribution in [-0.4, -0.2) is 54.9 Å². The zero-order valence-corrected chi connectivity index (χ0v) is 10.8. The lowest BCUT2D eigenvalue weighted by Gasteiger charge is -2.25. The number of ether oxygens (including phenoxy) is 1. The molecule has 0 radical (unpaired) electrons. The van der Waals surface area contributed by atoms with E-state index in [1.54, 1.807) is 0 Å². The summed E-state index contributed by atoms with van der Waals surface area (Å²) < 4.78 is 40.1. The molecule has 0 saturated carbocycles. The molecular weight excluding hydrogens is 285 g/mol. The maximum Gasteiger partial charge on any atom is 0.405 e. The van der Waals surface area contributed by atoms with Crippen LogP contribution in [0.1, 0.15) is 13.3 Å². The third kappa shape index (κ3) is 6.92. The van der Waals surface area contributed by atoms with E-state index in [2.05, 4.69) is 4.74 Å². The minimum absolute atomic E-state index is 0.363. The Morgan fingerprint density at radius 3 is 2.15 bits per heavy atom. The number of carboxylic acid groups (broad SMARTS) is 1. The van der Waals surface area contributed by atoms with Crippen LogP contribution in [0.2, 0.25) is 0 Å². The van der Waals surface area contributed by atoms with Crippen molar-refractivity contribution < 1.29 is 37.4 Å². The van der Waals surface area contributed by atoms with Crippen LogP contribution < -0.4 is 10.6 Å². The van der Waals surface area contributed by atoms with Gasteiger partial charge in [-0.15, -0.1) is 0 Å². The quantitative estimate of drug-likeness (QED) is 0.558. The molecule has 0 heterocycles. The van der Waals surface area contributed by atoms with Crippen molar-refractivity contribution in [1.82, 2.24) is 10.6 Å². The molecule has 0 saturated heterocycles. The Morgan fingerprint density at radius 1 is 1.20 bits per heavy atom. The van der Waals surface area contributed by atoms with Crippen molar-refractivity contribution in [3.63, 3.8) is 0 Å². The molecule has 0 aromatic rings. The van der Waals surface area contributed by atoms with Crippen molar-refractivity contribution in [2.24, 2.45) is 0 Å². The molecule has 7 nitrogen and oxygen atoms in total. The molecule has 0 aromatic carbocycles. The molecule has 1 atom stereocenters. The number of hydrogen-bond donors (Lipinski definition) is 3. The summed E-state index contributed by atoms with van der Waals surface area (Å²) in [5.41, 5.74) is -1.77. The number of alkyl halides is 3. The van der Waals surface area contributed by atoms with Gasteiger partial charge in [0.25, 0.3) is 0 Å². The summed E-state index contributed by atoms with van der Waals surface area (Å²) in [6.07, 6.45) is -5.50. The van der Waals surface area contributed by atoms with Crippen LogP contribution in [0.3, 0.4) is 0 Å². The van der Waals surface area contributed by atoms with Gasteiger partial charge in [0, 0.05) is 7.11 Å². The van der Waals surface area contributed by atoms with E-state index in [9.17, 15) is 27.6 Å². The predicted molar refractivity (Wildman–Crippen MR) is 59.7 cm³/mol. The van der Waals surface area contributed by atoms with Gasteiger partial charge < -0.3 is 20.5 Å². The van der Waals surface area contributed by atoms with Crippen LogP contribution in [-0.2, 0) is 19.1 Å². The molecule has 3 N–H and O–H groups in total. The van der Waals surface area contributed by atoms with Gasteiger partial charge in [-0.3, -0.25) is 9.59 Å². The Morgan fingerprint density at radius 2 is 1.75 bits per heavy atom. The normalized spacial score (nSPS) is 14.2. The van der Waals surface area contributed by atoms with Crippen molar-refractivity contribution in [1.29, 1.82) is 0 Å². The fourth-order valence-corrected chi connectivity index (χ4v) is 1.20. The maximum atomic E-state index is 11.8. The Labute approximate surface area is 112 Å². The number of amides is 2. The number of carboxylic acids is 1. The second-order valence-corrected chi connectivity index (χ2v) is 4.19. The SMILES string of the molecule is COCC(C)(NC(=O)CC(=O)NCC(F)(F)F)C(=O)O. The van der Waals surface area contributed by atoms with Gasteiger partial charge in [0.05, 0.1) is 6.61 Å². The summed E-state index contributed by atoms with van der Waals surface area (Å²) in [5.74, 6) is -3.58. The molecule has 0 spiro atoms. The number of carbonyl (C=O) groups is 3. The minimum atomic E-state index is -4.59. The standard InChI is InChI=1S/C10H15F3N2O5/c1-9(5-20-2,8(18)19)15-7(17)3-6(16)14-4-10(11,12)13/h3-5H2,1-2H3,(H,14,16)(H,15,17)(H,18,19). The third-order valence-corrected chi connectivity index (χ3v) is 2.13. The van der Waals surface area contributed by atoms with Crippen LogP contribution in [0.5, 0.6) is 0 Å². The van der Waals surface area contributed by atoms with E-state index in [4.69, 9.17) is 5.11 Å². The molecule has 0 aliphatic rings. The first-order valence-corrected chi connectivity index (χ1v) is 5.37. The van der Waals surface area contributed by atoms with E-state index in [1.807, 2.05) is 5.32 Å². The third-order valence-electron chi connectivity index (χ3n) is 2.13. The van der Waals surface area contributed by atoms with Crippen LogP contribution >= 0.6 is 0 Å². The Bertz CT molecular complexity index is 386. The first-order chi connectivity index (χ1) is 9.00. The number of halogens is 3. The lowest BCUT2D eigenvalue weighted by atomic mass is 10.0. The zero-order valence-electron chi connectivity index (χ0n) is 10.8. The molecule has 0 aliphatic carbocycles. The number of nitrogens with one attached hydrogen (secondary N) is 2. The van der Waals surface area contributed by atoms with E-state index >= 15 is 0 Å². The summed E-state index contributed by atoms with van der Waals surface area (Å²) in [6.45, 7) is -0.782. The van der Waals surface area contributed by atoms with Crippen molar-refractivity contribution in [2.45, 2.75) is 25.1 Å². The average molecular weight is 300 g/mol. The lowest BCUT2D eigenvalue weighted by Crippen LogP contribution is -2.56. The molecule has 0 fully saturated rings. The highest BCUT2D eigenvalue weighted by Crippen LogP contribution is 2.12. The second kappa shape index (κ2) is 7.08. The topological polar surface area (TPSA) is 105 Å². The van der Waals surface area contributed by atoms with Gasteiger partial charge in [-0.05, 0) is 6.92 Å². The molecule has 1 unspecified atom stereocenters. The number of carbonyl (C=O) groups excluding carboxylic acids is 2. The van der Waals surface area contributed by atoms with Gasteiger partial charge in [-0.25, -0.2) is 4.79 Å². The summed E-state index contributed by atoms with van der Waals surface area (Å²) in [4.78, 5) is 33.4. The smallest absolute Gasteiger partial charge is 0.405 e. The van der Waals surface area contributed by atoms with Crippen molar-refractivity contribution in [3.8, 4) is 0 Å². The Kier molecular flexibility index (Phi) is 6.43. The highest BCUT2D eigenvalue weighted by atomic mass is 19.4. The van der Waals surface area contributed by atoms with E-state index in [-0.39, 0.29) is 6.61 Å². The zero-order chi connectivity index (χ0) is 16.0. The molecule has 0 aromatic heterocycles. The summed E-state index contributed by atoms with van der Waals surface area (Å²) in [6, 6.07) is 0. The molecule has 0 bridgehead atoms.